The highest BCUT2D eigenvalue weighted by Crippen LogP contribution is 2.30. The van der Waals surface area contributed by atoms with E-state index in [9.17, 15) is 4.79 Å². The SMILES string of the molecule is CC(=O)N1CCC(N[C@@H]2CCCc3ccccc32)CC1. The molecule has 1 aliphatic carbocycles. The molecule has 1 aliphatic heterocycles. The third kappa shape index (κ3) is 2.88. The van der Waals surface area contributed by atoms with Crippen LogP contribution in [0.3, 0.4) is 0 Å². The Balaban J connectivity index is 1.61. The van der Waals surface area contributed by atoms with Gasteiger partial charge in [-0.25, -0.2) is 0 Å². The Morgan fingerprint density at radius 1 is 1.20 bits per heavy atom. The lowest BCUT2D eigenvalue weighted by Gasteiger charge is -2.36. The van der Waals surface area contributed by atoms with Crippen molar-refractivity contribution in [2.45, 2.75) is 51.1 Å². The van der Waals surface area contributed by atoms with E-state index < -0.39 is 0 Å². The predicted octanol–water partition coefficient (Wildman–Crippen LogP) is 2.66. The molecule has 0 bridgehead atoms. The van der Waals surface area contributed by atoms with E-state index in [0.29, 0.717) is 12.1 Å². The van der Waals surface area contributed by atoms with Gasteiger partial charge in [0, 0.05) is 32.1 Å². The number of rotatable bonds is 2. The van der Waals surface area contributed by atoms with Gasteiger partial charge in [-0.1, -0.05) is 24.3 Å². The van der Waals surface area contributed by atoms with Gasteiger partial charge in [0.1, 0.15) is 0 Å². The fourth-order valence-corrected chi connectivity index (χ4v) is 3.57. The molecule has 0 saturated carbocycles. The van der Waals surface area contributed by atoms with E-state index in [4.69, 9.17) is 0 Å². The molecule has 1 aromatic rings. The number of benzene rings is 1. The number of aryl methyl sites for hydroxylation is 1. The number of likely N-dealkylation sites (tertiary alicyclic amines) is 1. The molecule has 1 saturated heterocycles. The number of hydrogen-bond acceptors (Lipinski definition) is 2. The number of amides is 1. The second-order valence-electron chi connectivity index (χ2n) is 6.09. The molecule has 3 rings (SSSR count). The average Bonchev–Trinajstić information content (AvgIpc) is 2.48. The van der Waals surface area contributed by atoms with Crippen LogP contribution >= 0.6 is 0 Å². The Bertz CT molecular complexity index is 478. The van der Waals surface area contributed by atoms with Crippen LogP contribution in [0.4, 0.5) is 0 Å². The van der Waals surface area contributed by atoms with Crippen molar-refractivity contribution in [1.82, 2.24) is 10.2 Å². The van der Waals surface area contributed by atoms with E-state index >= 15 is 0 Å². The Kier molecular flexibility index (Phi) is 4.06. The first-order valence-corrected chi connectivity index (χ1v) is 7.83. The minimum absolute atomic E-state index is 0.214. The molecule has 2 aliphatic rings. The van der Waals surface area contributed by atoms with E-state index in [-0.39, 0.29) is 5.91 Å². The van der Waals surface area contributed by atoms with Gasteiger partial charge in [0.15, 0.2) is 0 Å². The first kappa shape index (κ1) is 13.6. The molecule has 1 heterocycles. The first-order valence-electron chi connectivity index (χ1n) is 7.83. The summed E-state index contributed by atoms with van der Waals surface area (Å²) < 4.78 is 0. The second-order valence-corrected chi connectivity index (χ2v) is 6.09. The van der Waals surface area contributed by atoms with E-state index in [1.165, 1.54) is 30.4 Å². The lowest BCUT2D eigenvalue weighted by atomic mass is 9.87. The quantitative estimate of drug-likeness (QED) is 0.897. The maximum atomic E-state index is 11.4. The average molecular weight is 272 g/mol. The maximum absolute atomic E-state index is 11.4. The molecule has 1 amide bonds. The summed E-state index contributed by atoms with van der Waals surface area (Å²) in [5, 5.41) is 3.84. The molecule has 0 unspecified atom stereocenters. The van der Waals surface area contributed by atoms with Crippen molar-refractivity contribution in [2.24, 2.45) is 0 Å². The summed E-state index contributed by atoms with van der Waals surface area (Å²) in [5.74, 6) is 0.214. The molecule has 1 aromatic carbocycles. The van der Waals surface area contributed by atoms with Gasteiger partial charge in [-0.15, -0.1) is 0 Å². The second kappa shape index (κ2) is 5.96. The van der Waals surface area contributed by atoms with E-state index in [1.807, 2.05) is 4.90 Å². The van der Waals surface area contributed by atoms with E-state index in [1.54, 1.807) is 6.92 Å². The predicted molar refractivity (Wildman–Crippen MR) is 80.5 cm³/mol. The van der Waals surface area contributed by atoms with Crippen LogP contribution in [0.25, 0.3) is 0 Å². The normalized spacial score (nSPS) is 23.4. The van der Waals surface area contributed by atoms with Gasteiger partial charge in [-0.2, -0.15) is 0 Å². The lowest BCUT2D eigenvalue weighted by Crippen LogP contribution is -2.45. The molecule has 3 heteroatoms. The van der Waals surface area contributed by atoms with Gasteiger partial charge >= 0.3 is 0 Å². The highest BCUT2D eigenvalue weighted by atomic mass is 16.2. The molecular formula is C17H24N2O. The van der Waals surface area contributed by atoms with Crippen LogP contribution in [0.2, 0.25) is 0 Å². The van der Waals surface area contributed by atoms with Crippen LogP contribution in [-0.2, 0) is 11.2 Å². The van der Waals surface area contributed by atoms with E-state index in [2.05, 4.69) is 29.6 Å². The maximum Gasteiger partial charge on any atom is 0.219 e. The van der Waals surface area contributed by atoms with Gasteiger partial charge in [0.2, 0.25) is 5.91 Å². The monoisotopic (exact) mass is 272 g/mol. The molecular weight excluding hydrogens is 248 g/mol. The summed E-state index contributed by atoms with van der Waals surface area (Å²) in [6.45, 7) is 3.48. The first-order chi connectivity index (χ1) is 9.74. The highest BCUT2D eigenvalue weighted by Gasteiger charge is 2.25. The number of fused-ring (bicyclic) bond motifs is 1. The zero-order chi connectivity index (χ0) is 13.9. The van der Waals surface area contributed by atoms with Crippen LogP contribution in [0.1, 0.15) is 49.8 Å². The van der Waals surface area contributed by atoms with Gasteiger partial charge in [0.25, 0.3) is 0 Å². The summed E-state index contributed by atoms with van der Waals surface area (Å²) in [4.78, 5) is 13.3. The largest absolute Gasteiger partial charge is 0.343 e. The molecule has 0 spiro atoms. The summed E-state index contributed by atoms with van der Waals surface area (Å²) >= 11 is 0. The molecule has 1 N–H and O–H groups in total. The fraction of sp³-hybridized carbons (Fsp3) is 0.588. The lowest BCUT2D eigenvalue weighted by molar-refractivity contribution is -0.129. The van der Waals surface area contributed by atoms with Crippen molar-refractivity contribution in [1.29, 1.82) is 0 Å². The van der Waals surface area contributed by atoms with Gasteiger partial charge < -0.3 is 10.2 Å². The van der Waals surface area contributed by atoms with Crippen molar-refractivity contribution in [3.63, 3.8) is 0 Å². The van der Waals surface area contributed by atoms with Crippen molar-refractivity contribution >= 4 is 5.91 Å². The van der Waals surface area contributed by atoms with Crippen molar-refractivity contribution < 1.29 is 4.79 Å². The number of carbonyl (C=O) groups is 1. The number of nitrogens with zero attached hydrogens (tertiary/aromatic N) is 1. The minimum Gasteiger partial charge on any atom is -0.343 e. The minimum atomic E-state index is 0.214. The van der Waals surface area contributed by atoms with Crippen molar-refractivity contribution in [2.75, 3.05) is 13.1 Å². The highest BCUT2D eigenvalue weighted by molar-refractivity contribution is 5.73. The van der Waals surface area contributed by atoms with Gasteiger partial charge in [-0.05, 0) is 43.2 Å². The van der Waals surface area contributed by atoms with Crippen LogP contribution in [0, 0.1) is 0 Å². The summed E-state index contributed by atoms with van der Waals surface area (Å²) in [5.41, 5.74) is 3.00. The zero-order valence-electron chi connectivity index (χ0n) is 12.3. The summed E-state index contributed by atoms with van der Waals surface area (Å²) in [6.07, 6.45) is 5.90. The van der Waals surface area contributed by atoms with Gasteiger partial charge in [-0.3, -0.25) is 4.79 Å². The number of hydrogen-bond donors (Lipinski definition) is 1. The third-order valence-corrected chi connectivity index (χ3v) is 4.75. The van der Waals surface area contributed by atoms with E-state index in [0.717, 1.165) is 25.9 Å². The molecule has 0 radical (unpaired) electrons. The number of carbonyl (C=O) groups excluding carboxylic acids is 1. The summed E-state index contributed by atoms with van der Waals surface area (Å²) in [6, 6.07) is 9.90. The fourth-order valence-electron chi connectivity index (χ4n) is 3.57. The molecule has 1 fully saturated rings. The summed E-state index contributed by atoms with van der Waals surface area (Å²) in [7, 11) is 0. The molecule has 108 valence electrons. The third-order valence-electron chi connectivity index (χ3n) is 4.75. The number of piperidine rings is 1. The van der Waals surface area contributed by atoms with Crippen LogP contribution in [0.15, 0.2) is 24.3 Å². The van der Waals surface area contributed by atoms with Gasteiger partial charge in [0.05, 0.1) is 0 Å². The zero-order valence-corrected chi connectivity index (χ0v) is 12.3. The Labute approximate surface area is 121 Å². The molecule has 0 aromatic heterocycles. The molecule has 1 atom stereocenters. The van der Waals surface area contributed by atoms with Crippen molar-refractivity contribution in [3.05, 3.63) is 35.4 Å². The van der Waals surface area contributed by atoms with Crippen LogP contribution < -0.4 is 5.32 Å². The molecule has 3 nitrogen and oxygen atoms in total. The van der Waals surface area contributed by atoms with Crippen LogP contribution in [0.5, 0.6) is 0 Å². The molecule has 20 heavy (non-hydrogen) atoms. The smallest absolute Gasteiger partial charge is 0.219 e. The number of nitrogens with one attached hydrogen (secondary N) is 1. The Morgan fingerprint density at radius 3 is 2.70 bits per heavy atom. The van der Waals surface area contributed by atoms with Crippen LogP contribution in [-0.4, -0.2) is 29.9 Å². The Hall–Kier alpha value is -1.35. The topological polar surface area (TPSA) is 32.3 Å². The van der Waals surface area contributed by atoms with Crippen molar-refractivity contribution in [3.8, 4) is 0 Å². The standard InChI is InChI=1S/C17H24N2O/c1-13(20)19-11-9-15(10-12-19)18-17-8-4-6-14-5-2-3-7-16(14)17/h2-3,5,7,15,17-18H,4,6,8-12H2,1H3/t17-/m1/s1. The Morgan fingerprint density at radius 2 is 1.95 bits per heavy atom.